The van der Waals surface area contributed by atoms with E-state index in [4.69, 9.17) is 0 Å². The Hall–Kier alpha value is -1.00. The molecule has 2 rings (SSSR count). The minimum atomic E-state index is -1.10. The Morgan fingerprint density at radius 2 is 1.85 bits per heavy atom. The summed E-state index contributed by atoms with van der Waals surface area (Å²) in [6, 6.07) is 9.41. The first-order valence-electron chi connectivity index (χ1n) is 7.09. The van der Waals surface area contributed by atoms with Crippen LogP contribution in [0.25, 0.3) is 0 Å². The van der Waals surface area contributed by atoms with E-state index in [1.807, 2.05) is 47.0 Å². The van der Waals surface area contributed by atoms with E-state index in [2.05, 4.69) is 13.8 Å². The van der Waals surface area contributed by atoms with Crippen LogP contribution in [0.2, 0.25) is 0 Å². The molecule has 1 aliphatic heterocycles. The van der Waals surface area contributed by atoms with E-state index in [0.29, 0.717) is 10.5 Å². The lowest BCUT2D eigenvalue weighted by molar-refractivity contribution is -0.136. The molecule has 0 spiro atoms. The molecule has 0 aliphatic carbocycles. The second-order valence-electron chi connectivity index (χ2n) is 5.87. The van der Waals surface area contributed by atoms with Gasteiger partial charge in [-0.05, 0) is 12.5 Å². The van der Waals surface area contributed by atoms with Gasteiger partial charge in [-0.3, -0.25) is 4.79 Å². The molecule has 1 fully saturated rings. The fourth-order valence-electron chi connectivity index (χ4n) is 2.69. The third-order valence-electron chi connectivity index (χ3n) is 3.66. The highest BCUT2D eigenvalue weighted by Gasteiger charge is 2.32. The molecule has 4 heteroatoms. The molecule has 1 amide bonds. The normalized spacial score (nSPS) is 26.1. The Labute approximate surface area is 125 Å². The van der Waals surface area contributed by atoms with Crippen molar-refractivity contribution < 1.29 is 9.90 Å². The van der Waals surface area contributed by atoms with Crippen molar-refractivity contribution in [3.8, 4) is 0 Å². The van der Waals surface area contributed by atoms with Crippen molar-refractivity contribution >= 4 is 17.7 Å². The maximum atomic E-state index is 12.4. The molecular formula is C16H23NO2S. The molecule has 0 saturated carbocycles. The highest BCUT2D eigenvalue weighted by Crippen LogP contribution is 2.28. The van der Waals surface area contributed by atoms with E-state index in [9.17, 15) is 9.90 Å². The first-order chi connectivity index (χ1) is 9.38. The van der Waals surface area contributed by atoms with E-state index < -0.39 is 5.60 Å². The van der Waals surface area contributed by atoms with Crippen molar-refractivity contribution in [3.05, 3.63) is 35.9 Å². The number of hydrogen-bond donors (Lipinski definition) is 1. The van der Waals surface area contributed by atoms with Gasteiger partial charge >= 0.3 is 0 Å². The van der Waals surface area contributed by atoms with Crippen LogP contribution in [0.4, 0.5) is 0 Å². The predicted octanol–water partition coefficient (Wildman–Crippen LogP) is 2.64. The number of nitrogens with zero attached hydrogens (tertiary/aromatic N) is 1. The zero-order valence-corrected chi connectivity index (χ0v) is 13.2. The summed E-state index contributed by atoms with van der Waals surface area (Å²) in [6.07, 6.45) is 0.140. The van der Waals surface area contributed by atoms with Crippen molar-refractivity contribution in [2.45, 2.75) is 43.3 Å². The van der Waals surface area contributed by atoms with Crippen LogP contribution in [0.5, 0.6) is 0 Å². The summed E-state index contributed by atoms with van der Waals surface area (Å²) >= 11 is 1.92. The highest BCUT2D eigenvalue weighted by molar-refractivity contribution is 8.00. The summed E-state index contributed by atoms with van der Waals surface area (Å²) < 4.78 is 0. The van der Waals surface area contributed by atoms with E-state index in [1.165, 1.54) is 0 Å². The van der Waals surface area contributed by atoms with Crippen molar-refractivity contribution in [1.29, 1.82) is 0 Å². The Kier molecular flexibility index (Phi) is 4.76. The number of hydrogen-bond acceptors (Lipinski definition) is 3. The summed E-state index contributed by atoms with van der Waals surface area (Å²) in [6.45, 7) is 7.56. The molecule has 3 nitrogen and oxygen atoms in total. The van der Waals surface area contributed by atoms with Gasteiger partial charge in [0.05, 0.1) is 12.0 Å². The van der Waals surface area contributed by atoms with Crippen LogP contribution in [0.3, 0.4) is 0 Å². The SMILES string of the molecule is C[C@@H]1CN(C(=O)C[C@](C)(O)c2ccccc2)C[C@@H](C)S1. The first-order valence-corrected chi connectivity index (χ1v) is 8.04. The lowest BCUT2D eigenvalue weighted by Crippen LogP contribution is -2.46. The third kappa shape index (κ3) is 3.76. The number of benzene rings is 1. The summed E-state index contributed by atoms with van der Waals surface area (Å²) in [4.78, 5) is 14.3. The van der Waals surface area contributed by atoms with Crippen molar-refractivity contribution in [2.75, 3.05) is 13.1 Å². The number of rotatable bonds is 3. The maximum absolute atomic E-state index is 12.4. The second kappa shape index (κ2) is 6.19. The second-order valence-corrected chi connectivity index (χ2v) is 7.75. The van der Waals surface area contributed by atoms with Crippen LogP contribution < -0.4 is 0 Å². The average molecular weight is 293 g/mol. The number of amides is 1. The van der Waals surface area contributed by atoms with E-state index in [1.54, 1.807) is 6.92 Å². The van der Waals surface area contributed by atoms with Crippen LogP contribution in [-0.4, -0.2) is 39.5 Å². The highest BCUT2D eigenvalue weighted by atomic mass is 32.2. The third-order valence-corrected chi connectivity index (χ3v) is 4.89. The van der Waals surface area contributed by atoms with Crippen molar-refractivity contribution in [2.24, 2.45) is 0 Å². The molecule has 0 bridgehead atoms. The molecule has 1 aliphatic rings. The largest absolute Gasteiger partial charge is 0.385 e. The number of aliphatic hydroxyl groups is 1. The van der Waals surface area contributed by atoms with E-state index in [0.717, 1.165) is 18.7 Å². The van der Waals surface area contributed by atoms with Gasteiger partial charge in [-0.1, -0.05) is 44.2 Å². The standard InChI is InChI=1S/C16H23NO2S/c1-12-10-17(11-13(2)20-12)15(18)9-16(3,19)14-7-5-4-6-8-14/h4-8,12-13,19H,9-11H2,1-3H3/t12-,13-,16+/m1/s1. The molecule has 3 atom stereocenters. The maximum Gasteiger partial charge on any atom is 0.225 e. The van der Waals surface area contributed by atoms with Gasteiger partial charge in [0.2, 0.25) is 5.91 Å². The minimum Gasteiger partial charge on any atom is -0.385 e. The van der Waals surface area contributed by atoms with Crippen molar-refractivity contribution in [3.63, 3.8) is 0 Å². The molecule has 1 aromatic carbocycles. The Balaban J connectivity index is 2.03. The molecule has 1 saturated heterocycles. The lowest BCUT2D eigenvalue weighted by atomic mass is 9.92. The molecular weight excluding hydrogens is 270 g/mol. The molecule has 0 radical (unpaired) electrons. The monoisotopic (exact) mass is 293 g/mol. The molecule has 1 N–H and O–H groups in total. The molecule has 20 heavy (non-hydrogen) atoms. The number of thioether (sulfide) groups is 1. The molecule has 1 aromatic rings. The summed E-state index contributed by atoms with van der Waals surface area (Å²) in [5.74, 6) is 0.0397. The fourth-order valence-corrected chi connectivity index (χ4v) is 4.01. The van der Waals surface area contributed by atoms with Gasteiger partial charge in [-0.2, -0.15) is 11.8 Å². The van der Waals surface area contributed by atoms with E-state index >= 15 is 0 Å². The van der Waals surface area contributed by atoms with Gasteiger partial charge < -0.3 is 10.0 Å². The summed E-state index contributed by atoms with van der Waals surface area (Å²) in [7, 11) is 0. The van der Waals surface area contributed by atoms with Gasteiger partial charge in [0.15, 0.2) is 0 Å². The minimum absolute atomic E-state index is 0.0397. The Morgan fingerprint density at radius 1 is 1.30 bits per heavy atom. The Bertz CT molecular complexity index is 451. The zero-order valence-electron chi connectivity index (χ0n) is 12.4. The van der Waals surface area contributed by atoms with Crippen molar-refractivity contribution in [1.82, 2.24) is 4.90 Å². The van der Waals surface area contributed by atoms with Gasteiger partial charge in [0.1, 0.15) is 0 Å². The molecule has 1 heterocycles. The van der Waals surface area contributed by atoms with Gasteiger partial charge in [0.25, 0.3) is 0 Å². The van der Waals surface area contributed by atoms with Crippen LogP contribution in [0.1, 0.15) is 32.8 Å². The van der Waals surface area contributed by atoms with E-state index in [-0.39, 0.29) is 12.3 Å². The number of carbonyl (C=O) groups is 1. The first kappa shape index (κ1) is 15.4. The topological polar surface area (TPSA) is 40.5 Å². The Morgan fingerprint density at radius 3 is 2.40 bits per heavy atom. The van der Waals surface area contributed by atoms with Crippen LogP contribution in [-0.2, 0) is 10.4 Å². The molecule has 0 unspecified atom stereocenters. The average Bonchev–Trinajstić information content (AvgIpc) is 2.38. The quantitative estimate of drug-likeness (QED) is 0.931. The lowest BCUT2D eigenvalue weighted by Gasteiger charge is -2.36. The molecule has 0 aromatic heterocycles. The zero-order chi connectivity index (χ0) is 14.8. The van der Waals surface area contributed by atoms with Gasteiger partial charge in [-0.15, -0.1) is 0 Å². The number of carbonyl (C=O) groups excluding carboxylic acids is 1. The van der Waals surface area contributed by atoms with Gasteiger partial charge in [-0.25, -0.2) is 0 Å². The molecule has 110 valence electrons. The summed E-state index contributed by atoms with van der Waals surface area (Å²) in [5.41, 5.74) is -0.309. The van der Waals surface area contributed by atoms with Crippen LogP contribution in [0.15, 0.2) is 30.3 Å². The van der Waals surface area contributed by atoms with Gasteiger partial charge in [0, 0.05) is 23.6 Å². The van der Waals surface area contributed by atoms with Crippen LogP contribution in [0, 0.1) is 0 Å². The predicted molar refractivity (Wildman–Crippen MR) is 83.7 cm³/mol. The fraction of sp³-hybridized carbons (Fsp3) is 0.562. The van der Waals surface area contributed by atoms with Crippen LogP contribution >= 0.6 is 11.8 Å². The smallest absolute Gasteiger partial charge is 0.225 e. The summed E-state index contributed by atoms with van der Waals surface area (Å²) in [5, 5.41) is 11.5.